The second-order valence-corrected chi connectivity index (χ2v) is 6.12. The first kappa shape index (κ1) is 12.9. The van der Waals surface area contributed by atoms with Crippen LogP contribution in [0, 0.1) is 0 Å². The van der Waals surface area contributed by atoms with E-state index in [4.69, 9.17) is 16.7 Å². The molecular weight excluding hydrogens is 282 g/mol. The van der Waals surface area contributed by atoms with E-state index >= 15 is 0 Å². The smallest absolute Gasteiger partial charge is 0.265 e. The maximum atomic E-state index is 12.5. The fourth-order valence-electron chi connectivity index (χ4n) is 2.23. The van der Waals surface area contributed by atoms with Crippen molar-refractivity contribution in [1.29, 1.82) is 0 Å². The molecule has 1 saturated carbocycles. The number of carbonyl (C=O) groups is 1. The van der Waals surface area contributed by atoms with Crippen LogP contribution in [0.3, 0.4) is 0 Å². The molecule has 1 N–H and O–H groups in total. The Hall–Kier alpha value is -1.10. The van der Waals surface area contributed by atoms with Crippen molar-refractivity contribution in [2.45, 2.75) is 18.9 Å². The van der Waals surface area contributed by atoms with Crippen LogP contribution in [0.25, 0.3) is 10.1 Å². The van der Waals surface area contributed by atoms with Gasteiger partial charge < -0.3 is 10.0 Å². The van der Waals surface area contributed by atoms with Gasteiger partial charge in [-0.25, -0.2) is 0 Å². The number of benzene rings is 1. The van der Waals surface area contributed by atoms with Crippen LogP contribution in [0.2, 0.25) is 5.02 Å². The van der Waals surface area contributed by atoms with E-state index in [1.54, 1.807) is 4.90 Å². The highest BCUT2D eigenvalue weighted by Crippen LogP contribution is 2.37. The summed E-state index contributed by atoms with van der Waals surface area (Å²) < 4.78 is 1.02. The molecule has 2 aromatic rings. The molecule has 0 radical (unpaired) electrons. The molecule has 1 amide bonds. The van der Waals surface area contributed by atoms with Crippen molar-refractivity contribution in [1.82, 2.24) is 4.90 Å². The van der Waals surface area contributed by atoms with E-state index in [1.807, 2.05) is 24.3 Å². The van der Waals surface area contributed by atoms with E-state index in [9.17, 15) is 4.79 Å². The van der Waals surface area contributed by atoms with Crippen LogP contribution in [0.4, 0.5) is 0 Å². The Morgan fingerprint density at radius 2 is 2.16 bits per heavy atom. The average Bonchev–Trinajstić information content (AvgIpc) is 3.21. The Balaban J connectivity index is 1.98. The molecule has 3 rings (SSSR count). The molecule has 3 nitrogen and oxygen atoms in total. The number of aliphatic hydroxyl groups excluding tert-OH is 1. The van der Waals surface area contributed by atoms with E-state index in [-0.39, 0.29) is 18.6 Å². The topological polar surface area (TPSA) is 40.5 Å². The number of carbonyl (C=O) groups excluding carboxylic acids is 1. The van der Waals surface area contributed by atoms with Crippen molar-refractivity contribution in [3.8, 4) is 0 Å². The van der Waals surface area contributed by atoms with Crippen molar-refractivity contribution in [3.63, 3.8) is 0 Å². The SMILES string of the molecule is O=C(c1sc2ccccc2c1Cl)N(CCO)C1CC1. The van der Waals surface area contributed by atoms with E-state index in [1.165, 1.54) is 11.3 Å². The highest BCUT2D eigenvalue weighted by atomic mass is 35.5. The van der Waals surface area contributed by atoms with Crippen LogP contribution in [0.1, 0.15) is 22.5 Å². The molecule has 0 aliphatic heterocycles. The summed E-state index contributed by atoms with van der Waals surface area (Å²) in [5.41, 5.74) is 0. The van der Waals surface area contributed by atoms with Crippen LogP contribution >= 0.6 is 22.9 Å². The maximum Gasteiger partial charge on any atom is 0.265 e. The number of hydrogen-bond acceptors (Lipinski definition) is 3. The average molecular weight is 296 g/mol. The van der Waals surface area contributed by atoms with Crippen LogP contribution in [-0.4, -0.2) is 35.1 Å². The minimum Gasteiger partial charge on any atom is -0.395 e. The molecule has 1 fully saturated rings. The zero-order chi connectivity index (χ0) is 13.4. The lowest BCUT2D eigenvalue weighted by Crippen LogP contribution is -2.35. The van der Waals surface area contributed by atoms with Gasteiger partial charge >= 0.3 is 0 Å². The molecular formula is C14H14ClNO2S. The van der Waals surface area contributed by atoms with Gasteiger partial charge in [-0.3, -0.25) is 4.79 Å². The number of halogens is 1. The van der Waals surface area contributed by atoms with Crippen molar-refractivity contribution in [3.05, 3.63) is 34.2 Å². The van der Waals surface area contributed by atoms with E-state index in [0.29, 0.717) is 16.4 Å². The lowest BCUT2D eigenvalue weighted by Gasteiger charge is -2.20. The van der Waals surface area contributed by atoms with Gasteiger partial charge in [0.25, 0.3) is 5.91 Å². The Morgan fingerprint density at radius 1 is 1.42 bits per heavy atom. The van der Waals surface area contributed by atoms with Crippen molar-refractivity contribution < 1.29 is 9.90 Å². The van der Waals surface area contributed by atoms with Gasteiger partial charge in [0.1, 0.15) is 4.88 Å². The molecule has 1 aromatic heterocycles. The van der Waals surface area contributed by atoms with Crippen molar-refractivity contribution in [2.75, 3.05) is 13.2 Å². The number of fused-ring (bicyclic) bond motifs is 1. The molecule has 100 valence electrons. The molecule has 0 bridgehead atoms. The first-order valence-electron chi connectivity index (χ1n) is 6.31. The third kappa shape index (κ3) is 2.36. The molecule has 0 atom stereocenters. The summed E-state index contributed by atoms with van der Waals surface area (Å²) in [7, 11) is 0. The first-order valence-corrected chi connectivity index (χ1v) is 7.50. The lowest BCUT2D eigenvalue weighted by molar-refractivity contribution is 0.0713. The highest BCUT2D eigenvalue weighted by Gasteiger charge is 2.34. The van der Waals surface area contributed by atoms with Crippen molar-refractivity contribution >= 4 is 38.9 Å². The van der Waals surface area contributed by atoms with Gasteiger partial charge in [0.05, 0.1) is 11.6 Å². The third-order valence-corrected chi connectivity index (χ3v) is 4.98. The summed E-state index contributed by atoms with van der Waals surface area (Å²) in [6.45, 7) is 0.374. The normalized spacial score (nSPS) is 14.8. The van der Waals surface area contributed by atoms with Gasteiger partial charge in [-0.2, -0.15) is 0 Å². The zero-order valence-corrected chi connectivity index (χ0v) is 11.9. The van der Waals surface area contributed by atoms with Gasteiger partial charge in [-0.15, -0.1) is 11.3 Å². The number of amides is 1. The van der Waals surface area contributed by atoms with Crippen LogP contribution in [0.15, 0.2) is 24.3 Å². The molecule has 1 aliphatic carbocycles. The standard InChI is InChI=1S/C14H14ClNO2S/c15-12-10-3-1-2-4-11(10)19-13(12)14(18)16(7-8-17)9-5-6-9/h1-4,9,17H,5-8H2. The van der Waals surface area contributed by atoms with Crippen molar-refractivity contribution in [2.24, 2.45) is 0 Å². The second kappa shape index (κ2) is 5.12. The van der Waals surface area contributed by atoms with Gasteiger partial charge in [0.2, 0.25) is 0 Å². The van der Waals surface area contributed by atoms with Crippen LogP contribution in [0.5, 0.6) is 0 Å². The van der Waals surface area contributed by atoms with Crippen LogP contribution in [-0.2, 0) is 0 Å². The Morgan fingerprint density at radius 3 is 2.79 bits per heavy atom. The lowest BCUT2D eigenvalue weighted by atomic mass is 10.2. The van der Waals surface area contributed by atoms with E-state index in [0.717, 1.165) is 22.9 Å². The number of hydrogen-bond donors (Lipinski definition) is 1. The van der Waals surface area contributed by atoms with E-state index < -0.39 is 0 Å². The van der Waals surface area contributed by atoms with Gasteiger partial charge in [0.15, 0.2) is 0 Å². The maximum absolute atomic E-state index is 12.5. The van der Waals surface area contributed by atoms with Crippen LogP contribution < -0.4 is 0 Å². The molecule has 0 saturated heterocycles. The largest absolute Gasteiger partial charge is 0.395 e. The molecule has 1 heterocycles. The third-order valence-electron chi connectivity index (χ3n) is 3.32. The van der Waals surface area contributed by atoms with Gasteiger partial charge in [0, 0.05) is 22.7 Å². The summed E-state index contributed by atoms with van der Waals surface area (Å²) in [6, 6.07) is 8.03. The zero-order valence-electron chi connectivity index (χ0n) is 10.3. The molecule has 1 aromatic carbocycles. The number of nitrogens with zero attached hydrogens (tertiary/aromatic N) is 1. The fraction of sp³-hybridized carbons (Fsp3) is 0.357. The summed E-state index contributed by atoms with van der Waals surface area (Å²) >= 11 is 7.75. The first-order chi connectivity index (χ1) is 9.22. The Labute approximate surface area is 120 Å². The fourth-order valence-corrected chi connectivity index (χ4v) is 3.69. The molecule has 19 heavy (non-hydrogen) atoms. The second-order valence-electron chi connectivity index (χ2n) is 4.69. The monoisotopic (exact) mass is 295 g/mol. The molecule has 1 aliphatic rings. The molecule has 5 heteroatoms. The summed E-state index contributed by atoms with van der Waals surface area (Å²) in [5, 5.41) is 10.6. The summed E-state index contributed by atoms with van der Waals surface area (Å²) in [5.74, 6) is -0.0530. The highest BCUT2D eigenvalue weighted by molar-refractivity contribution is 7.21. The minimum atomic E-state index is -0.0530. The summed E-state index contributed by atoms with van der Waals surface area (Å²) in [4.78, 5) is 14.9. The summed E-state index contributed by atoms with van der Waals surface area (Å²) in [6.07, 6.45) is 2.04. The quantitative estimate of drug-likeness (QED) is 0.941. The Kier molecular flexibility index (Phi) is 3.48. The predicted molar refractivity (Wildman–Crippen MR) is 78.0 cm³/mol. The minimum absolute atomic E-state index is 0.00917. The molecule has 0 unspecified atom stereocenters. The van der Waals surface area contributed by atoms with Gasteiger partial charge in [-0.05, 0) is 18.9 Å². The predicted octanol–water partition coefficient (Wildman–Crippen LogP) is 3.15. The van der Waals surface area contributed by atoms with Gasteiger partial charge in [-0.1, -0.05) is 29.8 Å². The Bertz CT molecular complexity index is 621. The number of aliphatic hydroxyl groups is 1. The number of rotatable bonds is 4. The number of thiophene rings is 1. The van der Waals surface area contributed by atoms with E-state index in [2.05, 4.69) is 0 Å². The molecule has 0 spiro atoms.